The van der Waals surface area contributed by atoms with Gasteiger partial charge in [-0.2, -0.15) is 0 Å². The predicted octanol–water partition coefficient (Wildman–Crippen LogP) is 1.87. The standard InChI is InChI=1S/C20H31N3O5/c1-13(18(25)22-20(27)21-15-7-3-2-4-8-15)28-19(26)14-11-17(24)23(12-14)16-9-5-6-10-16/h13-16H,2-12H2,1H3,(H2,21,22,25,27)/t13-,14+/m1/s1. The van der Waals surface area contributed by atoms with Gasteiger partial charge in [0.05, 0.1) is 5.92 Å². The number of rotatable bonds is 5. The second-order valence-electron chi connectivity index (χ2n) is 8.26. The first-order valence-electron chi connectivity index (χ1n) is 10.6. The molecule has 8 heteroatoms. The number of urea groups is 1. The molecule has 0 aromatic heterocycles. The molecule has 28 heavy (non-hydrogen) atoms. The van der Waals surface area contributed by atoms with Crippen LogP contribution >= 0.6 is 0 Å². The van der Waals surface area contributed by atoms with E-state index in [0.717, 1.165) is 51.4 Å². The lowest BCUT2D eigenvalue weighted by molar-refractivity contribution is -0.158. The van der Waals surface area contributed by atoms with E-state index in [-0.39, 0.29) is 24.4 Å². The van der Waals surface area contributed by atoms with Crippen molar-refractivity contribution in [3.05, 3.63) is 0 Å². The molecule has 1 heterocycles. The Bertz CT molecular complexity index is 611. The van der Waals surface area contributed by atoms with Crippen molar-refractivity contribution < 1.29 is 23.9 Å². The van der Waals surface area contributed by atoms with Crippen LogP contribution in [0.4, 0.5) is 4.79 Å². The van der Waals surface area contributed by atoms with Crippen LogP contribution in [-0.2, 0) is 19.1 Å². The summed E-state index contributed by atoms with van der Waals surface area (Å²) in [5.41, 5.74) is 0. The second kappa shape index (κ2) is 9.39. The number of nitrogens with zero attached hydrogens (tertiary/aromatic N) is 1. The zero-order valence-electron chi connectivity index (χ0n) is 16.6. The average Bonchev–Trinajstić information content (AvgIpc) is 3.31. The van der Waals surface area contributed by atoms with Gasteiger partial charge in [-0.15, -0.1) is 0 Å². The molecule has 0 radical (unpaired) electrons. The van der Waals surface area contributed by atoms with Gasteiger partial charge < -0.3 is 15.0 Å². The first-order chi connectivity index (χ1) is 13.4. The number of likely N-dealkylation sites (tertiary alicyclic amines) is 1. The average molecular weight is 393 g/mol. The van der Waals surface area contributed by atoms with E-state index in [1.165, 1.54) is 13.3 Å². The highest BCUT2D eigenvalue weighted by Gasteiger charge is 2.40. The highest BCUT2D eigenvalue weighted by Crippen LogP contribution is 2.30. The lowest BCUT2D eigenvalue weighted by Crippen LogP contribution is -2.48. The van der Waals surface area contributed by atoms with Gasteiger partial charge in [-0.3, -0.25) is 19.7 Å². The molecule has 2 aliphatic carbocycles. The summed E-state index contributed by atoms with van der Waals surface area (Å²) in [5, 5.41) is 5.03. The zero-order valence-corrected chi connectivity index (χ0v) is 16.6. The topological polar surface area (TPSA) is 105 Å². The van der Waals surface area contributed by atoms with Crippen molar-refractivity contribution in [1.82, 2.24) is 15.5 Å². The molecule has 0 unspecified atom stereocenters. The number of ether oxygens (including phenoxy) is 1. The molecule has 2 atom stereocenters. The smallest absolute Gasteiger partial charge is 0.321 e. The first kappa shape index (κ1) is 20.6. The van der Waals surface area contributed by atoms with Crippen molar-refractivity contribution in [2.45, 2.75) is 89.3 Å². The largest absolute Gasteiger partial charge is 0.452 e. The Balaban J connectivity index is 1.42. The summed E-state index contributed by atoms with van der Waals surface area (Å²) in [6, 6.07) is -0.233. The number of hydrogen-bond donors (Lipinski definition) is 2. The first-order valence-corrected chi connectivity index (χ1v) is 10.6. The number of esters is 1. The van der Waals surface area contributed by atoms with Gasteiger partial charge in [-0.25, -0.2) is 4.79 Å². The van der Waals surface area contributed by atoms with Gasteiger partial charge in [0.15, 0.2) is 6.10 Å². The maximum atomic E-state index is 12.4. The molecular weight excluding hydrogens is 362 g/mol. The predicted molar refractivity (Wildman–Crippen MR) is 101 cm³/mol. The molecule has 1 aliphatic heterocycles. The summed E-state index contributed by atoms with van der Waals surface area (Å²) in [4.78, 5) is 50.5. The molecule has 3 fully saturated rings. The number of nitrogens with one attached hydrogen (secondary N) is 2. The summed E-state index contributed by atoms with van der Waals surface area (Å²) in [5.74, 6) is -1.76. The Morgan fingerprint density at radius 1 is 1.04 bits per heavy atom. The summed E-state index contributed by atoms with van der Waals surface area (Å²) in [6.45, 7) is 1.80. The lowest BCUT2D eigenvalue weighted by atomic mass is 9.96. The molecule has 0 spiro atoms. The minimum Gasteiger partial charge on any atom is -0.452 e. The number of amides is 4. The van der Waals surface area contributed by atoms with E-state index < -0.39 is 29.9 Å². The van der Waals surface area contributed by atoms with Gasteiger partial charge in [-0.1, -0.05) is 32.1 Å². The van der Waals surface area contributed by atoms with Gasteiger partial charge >= 0.3 is 12.0 Å². The van der Waals surface area contributed by atoms with Gasteiger partial charge in [0.2, 0.25) is 5.91 Å². The minimum atomic E-state index is -1.08. The lowest BCUT2D eigenvalue weighted by Gasteiger charge is -2.24. The Morgan fingerprint density at radius 3 is 2.36 bits per heavy atom. The Hall–Kier alpha value is -2.12. The summed E-state index contributed by atoms with van der Waals surface area (Å²) in [7, 11) is 0. The monoisotopic (exact) mass is 393 g/mol. The van der Waals surface area contributed by atoms with Crippen LogP contribution in [0.3, 0.4) is 0 Å². The molecule has 3 aliphatic rings. The number of carbonyl (C=O) groups is 4. The van der Waals surface area contributed by atoms with Crippen LogP contribution in [0.5, 0.6) is 0 Å². The molecule has 2 N–H and O–H groups in total. The maximum Gasteiger partial charge on any atom is 0.321 e. The van der Waals surface area contributed by atoms with Crippen LogP contribution in [0, 0.1) is 5.92 Å². The van der Waals surface area contributed by atoms with Gasteiger partial charge in [0.1, 0.15) is 0 Å². The molecule has 0 aromatic rings. The molecule has 4 amide bonds. The van der Waals surface area contributed by atoms with Crippen LogP contribution < -0.4 is 10.6 Å². The number of carbonyl (C=O) groups excluding carboxylic acids is 4. The van der Waals surface area contributed by atoms with Crippen molar-refractivity contribution in [2.75, 3.05) is 6.54 Å². The molecule has 3 rings (SSSR count). The second-order valence-corrected chi connectivity index (χ2v) is 8.26. The molecule has 2 saturated carbocycles. The molecule has 156 valence electrons. The zero-order chi connectivity index (χ0) is 20.1. The van der Waals surface area contributed by atoms with E-state index in [2.05, 4.69) is 10.6 Å². The molecule has 1 saturated heterocycles. The van der Waals surface area contributed by atoms with E-state index in [4.69, 9.17) is 4.74 Å². The van der Waals surface area contributed by atoms with Crippen LogP contribution in [0.1, 0.15) is 71.1 Å². The Kier molecular flexibility index (Phi) is 6.91. The number of hydrogen-bond acceptors (Lipinski definition) is 5. The van der Waals surface area contributed by atoms with E-state index >= 15 is 0 Å². The fourth-order valence-electron chi connectivity index (χ4n) is 4.46. The third-order valence-electron chi connectivity index (χ3n) is 6.10. The van der Waals surface area contributed by atoms with Crippen molar-refractivity contribution in [3.8, 4) is 0 Å². The van der Waals surface area contributed by atoms with E-state index in [0.29, 0.717) is 6.54 Å². The van der Waals surface area contributed by atoms with Crippen LogP contribution in [-0.4, -0.2) is 53.4 Å². The Morgan fingerprint density at radius 2 is 1.68 bits per heavy atom. The minimum absolute atomic E-state index is 0.0159. The summed E-state index contributed by atoms with van der Waals surface area (Å²) < 4.78 is 5.24. The van der Waals surface area contributed by atoms with Gasteiger partial charge in [-0.05, 0) is 32.6 Å². The molecule has 8 nitrogen and oxygen atoms in total. The quantitative estimate of drug-likeness (QED) is 0.694. The van der Waals surface area contributed by atoms with E-state index in [9.17, 15) is 19.2 Å². The van der Waals surface area contributed by atoms with Gasteiger partial charge in [0.25, 0.3) is 5.91 Å². The van der Waals surface area contributed by atoms with E-state index in [1.54, 1.807) is 4.90 Å². The third kappa shape index (κ3) is 5.23. The van der Waals surface area contributed by atoms with Crippen molar-refractivity contribution in [1.29, 1.82) is 0 Å². The van der Waals surface area contributed by atoms with Crippen molar-refractivity contribution >= 4 is 23.8 Å². The molecular formula is C20H31N3O5. The van der Waals surface area contributed by atoms with Gasteiger partial charge in [0, 0.05) is 25.0 Å². The summed E-state index contributed by atoms with van der Waals surface area (Å²) in [6.07, 6.45) is 8.41. The molecule has 0 aromatic carbocycles. The van der Waals surface area contributed by atoms with Crippen molar-refractivity contribution in [2.24, 2.45) is 5.92 Å². The van der Waals surface area contributed by atoms with Crippen molar-refractivity contribution in [3.63, 3.8) is 0 Å². The number of imide groups is 1. The molecule has 0 bridgehead atoms. The fraction of sp³-hybridized carbons (Fsp3) is 0.800. The maximum absolute atomic E-state index is 12.4. The Labute approximate surface area is 165 Å². The SMILES string of the molecule is C[C@@H](OC(=O)[C@H]1CC(=O)N(C2CCCC2)C1)C(=O)NC(=O)NC1CCCCC1. The highest BCUT2D eigenvalue weighted by atomic mass is 16.5. The van der Waals surface area contributed by atoms with Crippen LogP contribution in [0.15, 0.2) is 0 Å². The van der Waals surface area contributed by atoms with Crippen LogP contribution in [0.25, 0.3) is 0 Å². The van der Waals surface area contributed by atoms with E-state index in [1.807, 2.05) is 0 Å². The normalized spacial score (nSPS) is 24.8. The highest BCUT2D eigenvalue weighted by molar-refractivity contribution is 5.97. The van der Waals surface area contributed by atoms with Crippen LogP contribution in [0.2, 0.25) is 0 Å². The third-order valence-corrected chi connectivity index (χ3v) is 6.10. The fourth-order valence-corrected chi connectivity index (χ4v) is 4.46. The summed E-state index contributed by atoms with van der Waals surface area (Å²) >= 11 is 0.